The lowest BCUT2D eigenvalue weighted by Gasteiger charge is -2.01. The Kier molecular flexibility index (Phi) is 3.32. The molecule has 0 spiro atoms. The van der Waals surface area contributed by atoms with E-state index in [2.05, 4.69) is 25.6 Å². The molecule has 2 rings (SSSR count). The number of rotatable bonds is 5. The zero-order valence-corrected chi connectivity index (χ0v) is 9.20. The number of carbonyl (C=O) groups is 2. The molecule has 0 radical (unpaired) electrons. The fourth-order valence-electron chi connectivity index (χ4n) is 1.26. The van der Waals surface area contributed by atoms with Crippen LogP contribution in [0.2, 0.25) is 0 Å². The van der Waals surface area contributed by atoms with E-state index in [0.717, 1.165) is 0 Å². The molecule has 0 unspecified atom stereocenters. The molecular weight excluding hydrogens is 240 g/mol. The molecule has 0 atom stereocenters. The molecule has 0 saturated heterocycles. The molecule has 9 heteroatoms. The van der Waals surface area contributed by atoms with Crippen molar-refractivity contribution in [2.24, 2.45) is 0 Å². The largest absolute Gasteiger partial charge is 0.477 e. The third kappa shape index (κ3) is 2.90. The third-order valence-corrected chi connectivity index (χ3v) is 2.11. The highest BCUT2D eigenvalue weighted by Gasteiger charge is 2.10. The monoisotopic (exact) mass is 250 g/mol. The number of H-pyrrole nitrogens is 1. The van der Waals surface area contributed by atoms with Gasteiger partial charge in [-0.25, -0.2) is 9.78 Å². The molecule has 94 valence electrons. The van der Waals surface area contributed by atoms with E-state index in [1.165, 1.54) is 23.4 Å². The quantitative estimate of drug-likeness (QED) is 0.670. The lowest BCUT2D eigenvalue weighted by Crippen LogP contribution is -2.14. The number of hydrogen-bond acceptors (Lipinski definition) is 5. The van der Waals surface area contributed by atoms with Crippen molar-refractivity contribution in [2.75, 3.05) is 5.32 Å². The summed E-state index contributed by atoms with van der Waals surface area (Å²) in [7, 11) is 0. The summed E-state index contributed by atoms with van der Waals surface area (Å²) in [5.74, 6) is -1.24. The maximum Gasteiger partial charge on any atom is 0.353 e. The molecule has 0 fully saturated rings. The average molecular weight is 250 g/mol. The zero-order valence-electron chi connectivity index (χ0n) is 9.20. The van der Waals surface area contributed by atoms with Gasteiger partial charge < -0.3 is 10.4 Å². The van der Waals surface area contributed by atoms with Crippen LogP contribution in [0.4, 0.5) is 5.82 Å². The predicted octanol–water partition coefficient (Wildman–Crippen LogP) is -0.272. The smallest absolute Gasteiger partial charge is 0.353 e. The molecule has 1 amide bonds. The molecule has 0 saturated carbocycles. The third-order valence-electron chi connectivity index (χ3n) is 2.11. The number of aromatic carboxylic acids is 1. The second kappa shape index (κ2) is 5.08. The van der Waals surface area contributed by atoms with Crippen molar-refractivity contribution in [3.05, 3.63) is 24.4 Å². The summed E-state index contributed by atoms with van der Waals surface area (Å²) in [4.78, 5) is 25.8. The van der Waals surface area contributed by atoms with Crippen molar-refractivity contribution in [3.63, 3.8) is 0 Å². The van der Waals surface area contributed by atoms with Crippen molar-refractivity contribution in [2.45, 2.75) is 13.0 Å². The minimum Gasteiger partial charge on any atom is -0.477 e. The highest BCUT2D eigenvalue weighted by atomic mass is 16.4. The van der Waals surface area contributed by atoms with Crippen LogP contribution in [-0.4, -0.2) is 41.9 Å². The predicted molar refractivity (Wildman–Crippen MR) is 58.8 cm³/mol. The number of aryl methyl sites for hydroxylation is 1. The van der Waals surface area contributed by atoms with E-state index in [1.54, 1.807) is 0 Å². The van der Waals surface area contributed by atoms with E-state index < -0.39 is 5.97 Å². The van der Waals surface area contributed by atoms with E-state index in [1.807, 2.05) is 0 Å². The van der Waals surface area contributed by atoms with E-state index in [4.69, 9.17) is 5.11 Å². The number of carboxylic acids is 1. The number of nitrogens with zero attached hydrogens (tertiary/aromatic N) is 4. The second-order valence-corrected chi connectivity index (χ2v) is 3.43. The molecule has 18 heavy (non-hydrogen) atoms. The summed E-state index contributed by atoms with van der Waals surface area (Å²) < 4.78 is 1.52. The first-order chi connectivity index (χ1) is 8.65. The molecule has 9 nitrogen and oxygen atoms in total. The summed E-state index contributed by atoms with van der Waals surface area (Å²) >= 11 is 0. The Morgan fingerprint density at radius 2 is 2.33 bits per heavy atom. The van der Waals surface area contributed by atoms with Gasteiger partial charge in [-0.15, -0.1) is 0 Å². The van der Waals surface area contributed by atoms with E-state index in [9.17, 15) is 9.59 Å². The van der Waals surface area contributed by atoms with Gasteiger partial charge in [0, 0.05) is 12.5 Å². The molecule has 2 aromatic rings. The summed E-state index contributed by atoms with van der Waals surface area (Å²) in [6, 6.07) is 1.25. The van der Waals surface area contributed by atoms with Crippen molar-refractivity contribution < 1.29 is 14.7 Å². The fourth-order valence-corrected chi connectivity index (χ4v) is 1.26. The van der Waals surface area contributed by atoms with Crippen LogP contribution in [0.1, 0.15) is 16.9 Å². The van der Waals surface area contributed by atoms with Crippen LogP contribution in [-0.2, 0) is 11.3 Å². The molecule has 2 aromatic heterocycles. The Labute approximate surface area is 101 Å². The molecule has 0 aromatic carbocycles. The first-order valence-corrected chi connectivity index (χ1v) is 5.06. The van der Waals surface area contributed by atoms with Gasteiger partial charge in [0.1, 0.15) is 18.3 Å². The highest BCUT2D eigenvalue weighted by Crippen LogP contribution is 2.05. The SMILES string of the molecule is O=C(CCn1cncn1)Nc1cc(C(=O)O)[nH]n1. The van der Waals surface area contributed by atoms with Crippen molar-refractivity contribution in [3.8, 4) is 0 Å². The Balaban J connectivity index is 1.85. The zero-order chi connectivity index (χ0) is 13.0. The van der Waals surface area contributed by atoms with Crippen LogP contribution in [0.3, 0.4) is 0 Å². The van der Waals surface area contributed by atoms with E-state index in [-0.39, 0.29) is 23.8 Å². The van der Waals surface area contributed by atoms with Crippen LogP contribution >= 0.6 is 0 Å². The maximum atomic E-state index is 11.5. The van der Waals surface area contributed by atoms with Crippen LogP contribution in [0.5, 0.6) is 0 Å². The number of carboxylic acid groups (broad SMARTS) is 1. The van der Waals surface area contributed by atoms with Gasteiger partial charge in [0.05, 0.1) is 6.54 Å². The minimum atomic E-state index is -1.13. The Hall–Kier alpha value is -2.71. The standard InChI is InChI=1S/C9H10N6O3/c16-8(1-2-15-5-10-4-11-15)12-7-3-6(9(17)18)13-14-7/h3-5H,1-2H2,(H,17,18)(H2,12,13,14,16). The van der Waals surface area contributed by atoms with Crippen molar-refractivity contribution in [1.82, 2.24) is 25.0 Å². The van der Waals surface area contributed by atoms with Crippen molar-refractivity contribution in [1.29, 1.82) is 0 Å². The second-order valence-electron chi connectivity index (χ2n) is 3.43. The Bertz CT molecular complexity index is 546. The van der Waals surface area contributed by atoms with Crippen LogP contribution in [0.15, 0.2) is 18.7 Å². The van der Waals surface area contributed by atoms with Gasteiger partial charge in [-0.05, 0) is 0 Å². The van der Waals surface area contributed by atoms with Crippen LogP contribution < -0.4 is 5.32 Å². The minimum absolute atomic E-state index is 0.0819. The van der Waals surface area contributed by atoms with Crippen molar-refractivity contribution >= 4 is 17.7 Å². The Morgan fingerprint density at radius 1 is 1.50 bits per heavy atom. The molecule has 0 bridgehead atoms. The number of nitrogens with one attached hydrogen (secondary N) is 2. The number of amides is 1. The lowest BCUT2D eigenvalue weighted by molar-refractivity contribution is -0.116. The maximum absolute atomic E-state index is 11.5. The first kappa shape index (κ1) is 11.8. The number of anilines is 1. The van der Waals surface area contributed by atoms with Gasteiger partial charge in [-0.2, -0.15) is 10.2 Å². The Morgan fingerprint density at radius 3 is 2.94 bits per heavy atom. The molecule has 0 aliphatic carbocycles. The summed E-state index contributed by atoms with van der Waals surface area (Å²) in [6.07, 6.45) is 3.08. The number of carbonyl (C=O) groups excluding carboxylic acids is 1. The van der Waals surface area contributed by atoms with E-state index >= 15 is 0 Å². The van der Waals surface area contributed by atoms with Gasteiger partial charge in [0.15, 0.2) is 5.82 Å². The first-order valence-electron chi connectivity index (χ1n) is 5.06. The van der Waals surface area contributed by atoms with E-state index in [0.29, 0.717) is 6.54 Å². The topological polar surface area (TPSA) is 126 Å². The normalized spacial score (nSPS) is 10.2. The summed E-state index contributed by atoms with van der Waals surface area (Å²) in [6.45, 7) is 0.391. The molecular formula is C9H10N6O3. The number of aromatic nitrogens is 5. The molecule has 0 aliphatic rings. The number of aromatic amines is 1. The lowest BCUT2D eigenvalue weighted by atomic mass is 10.4. The summed E-state index contributed by atoms with van der Waals surface area (Å²) in [5.41, 5.74) is -0.0819. The number of hydrogen-bond donors (Lipinski definition) is 3. The fraction of sp³-hybridized carbons (Fsp3) is 0.222. The van der Waals surface area contributed by atoms with Crippen LogP contribution in [0, 0.1) is 0 Å². The van der Waals surface area contributed by atoms with Crippen LogP contribution in [0.25, 0.3) is 0 Å². The van der Waals surface area contributed by atoms with Gasteiger partial charge >= 0.3 is 5.97 Å². The summed E-state index contributed by atoms with van der Waals surface area (Å²) in [5, 5.41) is 20.9. The van der Waals surface area contributed by atoms with Gasteiger partial charge in [-0.3, -0.25) is 14.6 Å². The van der Waals surface area contributed by atoms with Gasteiger partial charge in [-0.1, -0.05) is 0 Å². The van der Waals surface area contributed by atoms with Gasteiger partial charge in [0.2, 0.25) is 5.91 Å². The molecule has 2 heterocycles. The average Bonchev–Trinajstić information content (AvgIpc) is 2.96. The van der Waals surface area contributed by atoms with Gasteiger partial charge in [0.25, 0.3) is 0 Å². The molecule has 3 N–H and O–H groups in total. The highest BCUT2D eigenvalue weighted by molar-refractivity contribution is 5.92. The molecule has 0 aliphatic heterocycles.